The second-order valence-electron chi connectivity index (χ2n) is 6.48. The quantitative estimate of drug-likeness (QED) is 0.513. The molecule has 0 aromatic heterocycles. The average Bonchev–Trinajstić information content (AvgIpc) is 2.65. The Hall–Kier alpha value is -2.34. The molecular weight excluding hydrogens is 358 g/mol. The van der Waals surface area contributed by atoms with Crippen molar-refractivity contribution >= 4 is 15.8 Å². The second-order valence-corrected chi connectivity index (χ2v) is 8.74. The number of sulfone groups is 1. The number of benzene rings is 2. The molecule has 0 saturated heterocycles. The van der Waals surface area contributed by atoms with E-state index in [4.69, 9.17) is 0 Å². The van der Waals surface area contributed by atoms with Crippen LogP contribution in [-0.4, -0.2) is 46.0 Å². The monoisotopic (exact) mass is 387 g/mol. The Morgan fingerprint density at radius 1 is 0.963 bits per heavy atom. The summed E-state index contributed by atoms with van der Waals surface area (Å²) in [6, 6.07) is 20.9. The van der Waals surface area contributed by atoms with Crippen molar-refractivity contribution in [3.63, 3.8) is 0 Å². The van der Waals surface area contributed by atoms with Crippen LogP contribution >= 0.6 is 0 Å². The number of nitrogens with one attached hydrogen (secondary N) is 2. The average molecular weight is 388 g/mol. The Labute approximate surface area is 162 Å². The van der Waals surface area contributed by atoms with Crippen molar-refractivity contribution in [2.45, 2.75) is 19.3 Å². The van der Waals surface area contributed by atoms with Crippen LogP contribution in [0.25, 0.3) is 0 Å². The van der Waals surface area contributed by atoms with Crippen LogP contribution in [0.4, 0.5) is 0 Å². The summed E-state index contributed by atoms with van der Waals surface area (Å²) in [6.07, 6.45) is 2.11. The maximum atomic E-state index is 11.3. The van der Waals surface area contributed by atoms with Gasteiger partial charge < -0.3 is 10.6 Å². The maximum absolute atomic E-state index is 11.3. The molecule has 2 rings (SSSR count). The van der Waals surface area contributed by atoms with Gasteiger partial charge in [-0.05, 0) is 24.5 Å². The van der Waals surface area contributed by atoms with Crippen molar-refractivity contribution in [3.8, 4) is 0 Å². The molecule has 6 heteroatoms. The van der Waals surface area contributed by atoms with Crippen LogP contribution in [0.1, 0.15) is 30.4 Å². The molecule has 0 amide bonds. The fourth-order valence-corrected chi connectivity index (χ4v) is 3.37. The molecule has 0 heterocycles. The smallest absolute Gasteiger partial charge is 0.191 e. The van der Waals surface area contributed by atoms with E-state index in [0.717, 1.165) is 13.0 Å². The molecule has 0 aliphatic rings. The molecule has 0 fully saturated rings. The molecule has 2 aromatic carbocycles. The zero-order valence-corrected chi connectivity index (χ0v) is 16.9. The first-order chi connectivity index (χ1) is 13.0. The third kappa shape index (κ3) is 7.83. The van der Waals surface area contributed by atoms with E-state index in [2.05, 4.69) is 64.2 Å². The summed E-state index contributed by atoms with van der Waals surface area (Å²) in [4.78, 5) is 4.62. The molecule has 0 saturated carbocycles. The SMILES string of the molecule is CCNC(=NCCC(c1ccccc1)c1ccccc1)NCCS(C)(=O)=O. The summed E-state index contributed by atoms with van der Waals surface area (Å²) >= 11 is 0. The number of hydrogen-bond acceptors (Lipinski definition) is 3. The van der Waals surface area contributed by atoms with Gasteiger partial charge in [0, 0.05) is 31.8 Å². The molecule has 2 N–H and O–H groups in total. The number of rotatable bonds is 9. The summed E-state index contributed by atoms with van der Waals surface area (Å²) in [5.74, 6) is 1.02. The molecule has 0 spiro atoms. The highest BCUT2D eigenvalue weighted by Crippen LogP contribution is 2.27. The van der Waals surface area contributed by atoms with Gasteiger partial charge in [-0.2, -0.15) is 0 Å². The molecule has 0 bridgehead atoms. The fraction of sp³-hybridized carbons (Fsp3) is 0.381. The van der Waals surface area contributed by atoms with Crippen LogP contribution < -0.4 is 10.6 Å². The van der Waals surface area contributed by atoms with Gasteiger partial charge in [0.25, 0.3) is 0 Å². The standard InChI is InChI=1S/C21H29N3O2S/c1-3-22-21(24-16-17-27(2,25)26)23-15-14-20(18-10-6-4-7-11-18)19-12-8-5-9-13-19/h4-13,20H,3,14-17H2,1-2H3,(H2,22,23,24). The lowest BCUT2D eigenvalue weighted by molar-refractivity contribution is 0.600. The summed E-state index contributed by atoms with van der Waals surface area (Å²) in [5, 5.41) is 6.26. The Kier molecular flexibility index (Phi) is 8.33. The highest BCUT2D eigenvalue weighted by atomic mass is 32.2. The molecular formula is C21H29N3O2S. The molecule has 0 atom stereocenters. The summed E-state index contributed by atoms with van der Waals surface area (Å²) in [6.45, 7) is 3.71. The number of guanidine groups is 1. The van der Waals surface area contributed by atoms with Crippen molar-refractivity contribution < 1.29 is 8.42 Å². The minimum atomic E-state index is -2.99. The number of nitrogens with zero attached hydrogens (tertiary/aromatic N) is 1. The van der Waals surface area contributed by atoms with Gasteiger partial charge in [-0.3, -0.25) is 4.99 Å². The van der Waals surface area contributed by atoms with Crippen LogP contribution in [0, 0.1) is 0 Å². The van der Waals surface area contributed by atoms with E-state index in [0.29, 0.717) is 19.0 Å². The first-order valence-corrected chi connectivity index (χ1v) is 11.4. The van der Waals surface area contributed by atoms with Gasteiger partial charge in [-0.25, -0.2) is 8.42 Å². The topological polar surface area (TPSA) is 70.6 Å². The minimum Gasteiger partial charge on any atom is -0.357 e. The van der Waals surface area contributed by atoms with Gasteiger partial charge in [0.2, 0.25) is 0 Å². The van der Waals surface area contributed by atoms with Gasteiger partial charge >= 0.3 is 0 Å². The first-order valence-electron chi connectivity index (χ1n) is 9.29. The normalized spacial score (nSPS) is 12.2. The fourth-order valence-electron chi connectivity index (χ4n) is 2.90. The van der Waals surface area contributed by atoms with Crippen molar-refractivity contribution in [2.75, 3.05) is 31.6 Å². The maximum Gasteiger partial charge on any atom is 0.191 e. The molecule has 27 heavy (non-hydrogen) atoms. The predicted octanol–water partition coefficient (Wildman–Crippen LogP) is 2.81. The lowest BCUT2D eigenvalue weighted by Gasteiger charge is -2.18. The molecule has 146 valence electrons. The highest BCUT2D eigenvalue weighted by molar-refractivity contribution is 7.90. The summed E-state index contributed by atoms with van der Waals surface area (Å²) in [5.41, 5.74) is 2.54. The molecule has 0 aliphatic carbocycles. The largest absolute Gasteiger partial charge is 0.357 e. The highest BCUT2D eigenvalue weighted by Gasteiger charge is 2.13. The lowest BCUT2D eigenvalue weighted by Crippen LogP contribution is -2.39. The molecule has 0 radical (unpaired) electrons. The third-order valence-corrected chi connectivity index (χ3v) is 5.15. The Bertz CT molecular complexity index is 766. The van der Waals surface area contributed by atoms with Crippen LogP contribution in [0.3, 0.4) is 0 Å². The van der Waals surface area contributed by atoms with Gasteiger partial charge in [0.05, 0.1) is 5.75 Å². The van der Waals surface area contributed by atoms with Crippen LogP contribution in [-0.2, 0) is 9.84 Å². The van der Waals surface area contributed by atoms with Crippen molar-refractivity contribution in [1.82, 2.24) is 10.6 Å². The van der Waals surface area contributed by atoms with E-state index < -0.39 is 9.84 Å². The van der Waals surface area contributed by atoms with E-state index in [1.54, 1.807) is 0 Å². The first kappa shape index (κ1) is 21.0. The number of hydrogen-bond donors (Lipinski definition) is 2. The van der Waals surface area contributed by atoms with Crippen molar-refractivity contribution in [1.29, 1.82) is 0 Å². The van der Waals surface area contributed by atoms with Gasteiger partial charge in [-0.1, -0.05) is 60.7 Å². The zero-order valence-electron chi connectivity index (χ0n) is 16.1. The van der Waals surface area contributed by atoms with E-state index in [1.807, 2.05) is 19.1 Å². The van der Waals surface area contributed by atoms with Crippen molar-refractivity contribution in [3.05, 3.63) is 71.8 Å². The molecule has 2 aromatic rings. The predicted molar refractivity (Wildman–Crippen MR) is 113 cm³/mol. The zero-order chi connectivity index (χ0) is 19.5. The minimum absolute atomic E-state index is 0.0913. The lowest BCUT2D eigenvalue weighted by atomic mass is 9.89. The van der Waals surface area contributed by atoms with Gasteiger partial charge in [0.15, 0.2) is 5.96 Å². The Morgan fingerprint density at radius 2 is 1.52 bits per heavy atom. The van der Waals surface area contributed by atoms with Gasteiger partial charge in [-0.15, -0.1) is 0 Å². The number of aliphatic imine (C=N–C) groups is 1. The van der Waals surface area contributed by atoms with Gasteiger partial charge in [0.1, 0.15) is 9.84 Å². The summed E-state index contributed by atoms with van der Waals surface area (Å²) < 4.78 is 22.6. The van der Waals surface area contributed by atoms with Crippen LogP contribution in [0.5, 0.6) is 0 Å². The summed E-state index contributed by atoms with van der Waals surface area (Å²) in [7, 11) is -2.99. The Balaban J connectivity index is 2.04. The van der Waals surface area contributed by atoms with E-state index in [1.165, 1.54) is 17.4 Å². The molecule has 5 nitrogen and oxygen atoms in total. The van der Waals surface area contributed by atoms with Crippen molar-refractivity contribution in [2.24, 2.45) is 4.99 Å². The van der Waals surface area contributed by atoms with E-state index in [9.17, 15) is 8.42 Å². The van der Waals surface area contributed by atoms with Crippen LogP contribution in [0.2, 0.25) is 0 Å². The molecule has 0 unspecified atom stereocenters. The van der Waals surface area contributed by atoms with Crippen LogP contribution in [0.15, 0.2) is 65.7 Å². The molecule has 0 aliphatic heterocycles. The van der Waals surface area contributed by atoms with E-state index in [-0.39, 0.29) is 11.7 Å². The van der Waals surface area contributed by atoms with E-state index >= 15 is 0 Å². The second kappa shape index (κ2) is 10.7. The third-order valence-electron chi connectivity index (χ3n) is 4.20. The Morgan fingerprint density at radius 3 is 2.00 bits per heavy atom.